The van der Waals surface area contributed by atoms with Crippen LogP contribution in [0.25, 0.3) is 22.3 Å². The number of likely N-dealkylation sites (tertiary alicyclic amines) is 1. The van der Waals surface area contributed by atoms with E-state index in [0.717, 1.165) is 53.8 Å². The number of fused-ring (bicyclic) bond motifs is 1. The number of aromatic amines is 1. The number of imidazole rings is 1. The minimum absolute atomic E-state index is 0.561. The molecule has 1 aliphatic carbocycles. The average Bonchev–Trinajstić information content (AvgIpc) is 3.64. The molecule has 1 aliphatic heterocycles. The molecule has 3 N–H and O–H groups in total. The van der Waals surface area contributed by atoms with Gasteiger partial charge in [0.05, 0.1) is 23.1 Å². The molecule has 0 radical (unpaired) electrons. The highest BCUT2D eigenvalue weighted by Crippen LogP contribution is 2.30. The number of anilines is 3. The van der Waals surface area contributed by atoms with Gasteiger partial charge in [0, 0.05) is 35.6 Å². The summed E-state index contributed by atoms with van der Waals surface area (Å²) in [5.74, 6) is 1.60. The molecule has 2 aliphatic rings. The minimum atomic E-state index is 0.561. The SMILES string of the molecule is CN1CCC(Nc2ccc(Nc3cc(-c4ccc5ncn(CC6CCCC6)c5c4)[nH]n3)cc2)CC1. The predicted molar refractivity (Wildman–Crippen MR) is 143 cm³/mol. The molecule has 6 rings (SSSR count). The van der Waals surface area contributed by atoms with Crippen molar-refractivity contribution in [3.63, 3.8) is 0 Å². The maximum atomic E-state index is 4.62. The number of benzene rings is 2. The summed E-state index contributed by atoms with van der Waals surface area (Å²) in [6.45, 7) is 3.39. The van der Waals surface area contributed by atoms with E-state index >= 15 is 0 Å². The van der Waals surface area contributed by atoms with Gasteiger partial charge in [0.25, 0.3) is 0 Å². The van der Waals surface area contributed by atoms with Crippen molar-refractivity contribution in [2.45, 2.75) is 51.1 Å². The van der Waals surface area contributed by atoms with Crippen LogP contribution in [0.5, 0.6) is 0 Å². The molecule has 1 saturated heterocycles. The van der Waals surface area contributed by atoms with Gasteiger partial charge in [0.2, 0.25) is 0 Å². The van der Waals surface area contributed by atoms with E-state index in [1.807, 2.05) is 6.33 Å². The van der Waals surface area contributed by atoms with Crippen molar-refractivity contribution in [1.82, 2.24) is 24.6 Å². The second-order valence-corrected chi connectivity index (χ2v) is 10.3. The van der Waals surface area contributed by atoms with Crippen molar-refractivity contribution in [3.8, 4) is 11.3 Å². The lowest BCUT2D eigenvalue weighted by molar-refractivity contribution is 0.264. The van der Waals surface area contributed by atoms with Crippen LogP contribution in [0.4, 0.5) is 17.2 Å². The standard InChI is InChI=1S/C28H35N7/c1-34-14-12-24(13-15-34)30-22-7-9-23(10-8-22)31-28-17-26(32-33-28)21-6-11-25-27(16-21)35(19-29-25)18-20-4-2-3-5-20/h6-11,16-17,19-20,24,30H,2-5,12-15,18H2,1H3,(H2,31,32,33). The monoisotopic (exact) mass is 469 g/mol. The van der Waals surface area contributed by atoms with Gasteiger partial charge in [0.15, 0.2) is 5.82 Å². The van der Waals surface area contributed by atoms with E-state index in [0.29, 0.717) is 6.04 Å². The lowest BCUT2D eigenvalue weighted by atomic mass is 10.1. The minimum Gasteiger partial charge on any atom is -0.382 e. The first-order chi connectivity index (χ1) is 17.2. The summed E-state index contributed by atoms with van der Waals surface area (Å²) in [6.07, 6.45) is 9.79. The van der Waals surface area contributed by atoms with E-state index in [-0.39, 0.29) is 0 Å². The Morgan fingerprint density at radius 2 is 1.71 bits per heavy atom. The predicted octanol–water partition coefficient (Wildman–Crippen LogP) is 5.87. The first-order valence-electron chi connectivity index (χ1n) is 13.0. The van der Waals surface area contributed by atoms with Crippen LogP contribution in [0, 0.1) is 5.92 Å². The Hall–Kier alpha value is -3.32. The van der Waals surface area contributed by atoms with Crippen molar-refractivity contribution >= 4 is 28.2 Å². The van der Waals surface area contributed by atoms with E-state index in [4.69, 9.17) is 0 Å². The average molecular weight is 470 g/mol. The number of nitrogens with zero attached hydrogens (tertiary/aromatic N) is 4. The second kappa shape index (κ2) is 9.74. The first-order valence-corrected chi connectivity index (χ1v) is 13.0. The molecule has 0 spiro atoms. The van der Waals surface area contributed by atoms with E-state index in [1.54, 1.807) is 0 Å². The third-order valence-electron chi connectivity index (χ3n) is 7.69. The summed E-state index contributed by atoms with van der Waals surface area (Å²) in [4.78, 5) is 7.02. The van der Waals surface area contributed by atoms with Crippen molar-refractivity contribution in [2.75, 3.05) is 30.8 Å². The largest absolute Gasteiger partial charge is 0.382 e. The van der Waals surface area contributed by atoms with Crippen molar-refractivity contribution in [2.24, 2.45) is 5.92 Å². The summed E-state index contributed by atoms with van der Waals surface area (Å²) in [5.41, 5.74) is 6.59. The van der Waals surface area contributed by atoms with E-state index in [1.165, 1.54) is 49.7 Å². The highest BCUT2D eigenvalue weighted by atomic mass is 15.2. The molecule has 7 heteroatoms. The molecule has 2 fully saturated rings. The molecular formula is C28H35N7. The quantitative estimate of drug-likeness (QED) is 0.316. The van der Waals surface area contributed by atoms with Crippen LogP contribution in [0.3, 0.4) is 0 Å². The second-order valence-electron chi connectivity index (χ2n) is 10.3. The number of hydrogen-bond donors (Lipinski definition) is 3. The van der Waals surface area contributed by atoms with Gasteiger partial charge in [-0.2, -0.15) is 5.10 Å². The van der Waals surface area contributed by atoms with Gasteiger partial charge in [-0.25, -0.2) is 4.98 Å². The molecule has 2 aromatic carbocycles. The lowest BCUT2D eigenvalue weighted by Gasteiger charge is -2.30. The Labute approximate surface area is 206 Å². The zero-order valence-electron chi connectivity index (χ0n) is 20.5. The van der Waals surface area contributed by atoms with Gasteiger partial charge in [-0.3, -0.25) is 5.10 Å². The number of H-pyrrole nitrogens is 1. The maximum Gasteiger partial charge on any atom is 0.152 e. The third kappa shape index (κ3) is 5.05. The first kappa shape index (κ1) is 22.2. The van der Waals surface area contributed by atoms with E-state index < -0.39 is 0 Å². The fraction of sp³-hybridized carbons (Fsp3) is 0.429. The van der Waals surface area contributed by atoms with Gasteiger partial charge in [-0.05, 0) is 88.1 Å². The molecule has 1 saturated carbocycles. The van der Waals surface area contributed by atoms with Gasteiger partial charge in [-0.15, -0.1) is 0 Å². The summed E-state index contributed by atoms with van der Waals surface area (Å²) in [5, 5.41) is 14.8. The van der Waals surface area contributed by atoms with E-state index in [9.17, 15) is 0 Å². The van der Waals surface area contributed by atoms with Gasteiger partial charge < -0.3 is 20.1 Å². The number of piperidine rings is 1. The molecule has 0 amide bonds. The van der Waals surface area contributed by atoms with Crippen LogP contribution in [0.2, 0.25) is 0 Å². The van der Waals surface area contributed by atoms with E-state index in [2.05, 4.69) is 90.9 Å². The van der Waals surface area contributed by atoms with Crippen LogP contribution < -0.4 is 10.6 Å². The third-order valence-corrected chi connectivity index (χ3v) is 7.69. The topological polar surface area (TPSA) is 73.8 Å². The Balaban J connectivity index is 1.12. The van der Waals surface area contributed by atoms with Gasteiger partial charge >= 0.3 is 0 Å². The molecule has 35 heavy (non-hydrogen) atoms. The lowest BCUT2D eigenvalue weighted by Crippen LogP contribution is -2.36. The zero-order chi connectivity index (χ0) is 23.6. The molecule has 7 nitrogen and oxygen atoms in total. The molecule has 0 unspecified atom stereocenters. The highest BCUT2D eigenvalue weighted by molar-refractivity contribution is 5.82. The molecule has 3 heterocycles. The molecule has 2 aromatic heterocycles. The Morgan fingerprint density at radius 3 is 2.51 bits per heavy atom. The Bertz CT molecular complexity index is 1260. The Morgan fingerprint density at radius 1 is 0.943 bits per heavy atom. The van der Waals surface area contributed by atoms with Crippen molar-refractivity contribution in [1.29, 1.82) is 0 Å². The molecule has 182 valence electrons. The van der Waals surface area contributed by atoms with Crippen LogP contribution in [-0.2, 0) is 6.54 Å². The number of rotatable bonds is 7. The molecule has 4 aromatic rings. The van der Waals surface area contributed by atoms with Gasteiger partial charge in [-0.1, -0.05) is 18.9 Å². The number of aromatic nitrogens is 4. The van der Waals surface area contributed by atoms with Crippen LogP contribution in [0.15, 0.2) is 54.9 Å². The fourth-order valence-electron chi connectivity index (χ4n) is 5.56. The maximum absolute atomic E-state index is 4.62. The summed E-state index contributed by atoms with van der Waals surface area (Å²) in [6, 6.07) is 17.6. The number of nitrogens with one attached hydrogen (secondary N) is 3. The van der Waals surface area contributed by atoms with Crippen LogP contribution >= 0.6 is 0 Å². The highest BCUT2D eigenvalue weighted by Gasteiger charge is 2.18. The smallest absolute Gasteiger partial charge is 0.152 e. The van der Waals surface area contributed by atoms with Crippen molar-refractivity contribution < 1.29 is 0 Å². The number of hydrogen-bond acceptors (Lipinski definition) is 5. The van der Waals surface area contributed by atoms with Crippen LogP contribution in [0.1, 0.15) is 38.5 Å². The molecule has 0 bridgehead atoms. The fourth-order valence-corrected chi connectivity index (χ4v) is 5.56. The van der Waals surface area contributed by atoms with Crippen LogP contribution in [-0.4, -0.2) is 50.8 Å². The molecular weight excluding hydrogens is 434 g/mol. The normalized spacial score (nSPS) is 17.9. The van der Waals surface area contributed by atoms with Gasteiger partial charge in [0.1, 0.15) is 0 Å². The summed E-state index contributed by atoms with van der Waals surface area (Å²) >= 11 is 0. The summed E-state index contributed by atoms with van der Waals surface area (Å²) < 4.78 is 2.32. The zero-order valence-corrected chi connectivity index (χ0v) is 20.5. The Kier molecular flexibility index (Phi) is 6.17. The summed E-state index contributed by atoms with van der Waals surface area (Å²) in [7, 11) is 2.20. The molecule has 0 atom stereocenters. The van der Waals surface area contributed by atoms with Crippen molar-refractivity contribution in [3.05, 3.63) is 54.9 Å².